The Bertz CT molecular complexity index is 734. The van der Waals surface area contributed by atoms with E-state index in [4.69, 9.17) is 32.1 Å². The third kappa shape index (κ3) is 3.00. The maximum atomic E-state index is 11.9. The van der Waals surface area contributed by atoms with Gasteiger partial charge in [-0.05, 0) is 12.1 Å². The van der Waals surface area contributed by atoms with Crippen molar-refractivity contribution in [2.75, 3.05) is 25.3 Å². The van der Waals surface area contributed by atoms with Crippen molar-refractivity contribution in [3.05, 3.63) is 41.7 Å². The number of halogens is 1. The van der Waals surface area contributed by atoms with Crippen LogP contribution in [0.5, 0.6) is 5.75 Å². The minimum Gasteiger partial charge on any atom is -0.492 e. The number of nitrogens with two attached hydrogens (primary N) is 1. The van der Waals surface area contributed by atoms with E-state index in [1.165, 1.54) is 17.9 Å². The molecule has 0 amide bonds. The molecule has 6 nitrogen and oxygen atoms in total. The second-order valence-electron chi connectivity index (χ2n) is 4.31. The maximum absolute atomic E-state index is 11.9. The van der Waals surface area contributed by atoms with Crippen LogP contribution in [0.2, 0.25) is 0 Å². The number of nitriles is 1. The van der Waals surface area contributed by atoms with Gasteiger partial charge in [0.15, 0.2) is 5.69 Å². The van der Waals surface area contributed by atoms with Crippen molar-refractivity contribution in [1.29, 1.82) is 5.26 Å². The normalized spacial score (nSPS) is 10.0. The summed E-state index contributed by atoms with van der Waals surface area (Å²) in [7, 11) is 1.26. The van der Waals surface area contributed by atoms with Crippen molar-refractivity contribution in [1.82, 2.24) is 4.57 Å². The first kappa shape index (κ1) is 15.7. The molecule has 2 N–H and O–H groups in total. The number of aromatic nitrogens is 1. The lowest BCUT2D eigenvalue weighted by molar-refractivity contribution is 0.0593. The molecular formula is C15H14ClN3O3. The minimum absolute atomic E-state index is 0.0847. The van der Waals surface area contributed by atoms with Gasteiger partial charge in [0, 0.05) is 18.0 Å². The van der Waals surface area contributed by atoms with Gasteiger partial charge in [0.25, 0.3) is 0 Å². The number of hydrogen-bond donors (Lipinski definition) is 1. The van der Waals surface area contributed by atoms with Crippen LogP contribution in [0.4, 0.5) is 5.69 Å². The molecule has 0 fully saturated rings. The first-order valence-corrected chi connectivity index (χ1v) is 6.94. The van der Waals surface area contributed by atoms with Crippen LogP contribution in [-0.2, 0) is 4.74 Å². The zero-order chi connectivity index (χ0) is 16.1. The summed E-state index contributed by atoms with van der Waals surface area (Å²) in [5, 5.41) is 9.09. The number of carbonyl (C=O) groups is 1. The van der Waals surface area contributed by atoms with Crippen LogP contribution in [0.1, 0.15) is 16.1 Å². The summed E-state index contributed by atoms with van der Waals surface area (Å²) in [6.45, 7) is 0.367. The van der Waals surface area contributed by atoms with Crippen molar-refractivity contribution < 1.29 is 14.3 Å². The van der Waals surface area contributed by atoms with Gasteiger partial charge in [-0.25, -0.2) is 4.79 Å². The van der Waals surface area contributed by atoms with Gasteiger partial charge < -0.3 is 19.8 Å². The summed E-state index contributed by atoms with van der Waals surface area (Å²) in [4.78, 5) is 11.9. The SMILES string of the molecule is COC(=O)c1c(N)c(C#N)cn1-c1cccc(OCCCl)c1. The molecule has 0 saturated carbocycles. The van der Waals surface area contributed by atoms with Crippen LogP contribution >= 0.6 is 11.6 Å². The highest BCUT2D eigenvalue weighted by Crippen LogP contribution is 2.26. The molecule has 0 unspecified atom stereocenters. The first-order valence-electron chi connectivity index (χ1n) is 6.40. The zero-order valence-electron chi connectivity index (χ0n) is 11.9. The quantitative estimate of drug-likeness (QED) is 0.674. The van der Waals surface area contributed by atoms with Crippen molar-refractivity contribution in [2.45, 2.75) is 0 Å². The first-order chi connectivity index (χ1) is 10.6. The average molecular weight is 320 g/mol. The molecule has 0 aliphatic heterocycles. The van der Waals surface area contributed by atoms with E-state index in [0.29, 0.717) is 23.9 Å². The van der Waals surface area contributed by atoms with Crippen molar-refractivity contribution in [2.24, 2.45) is 0 Å². The number of nitrogens with zero attached hydrogens (tertiary/aromatic N) is 2. The number of rotatable bonds is 5. The van der Waals surface area contributed by atoms with E-state index in [1.54, 1.807) is 24.3 Å². The third-order valence-electron chi connectivity index (χ3n) is 2.99. The smallest absolute Gasteiger partial charge is 0.357 e. The number of nitrogen functional groups attached to an aromatic ring is 1. The molecule has 1 aromatic carbocycles. The number of methoxy groups -OCH3 is 1. The van der Waals surface area contributed by atoms with Gasteiger partial charge in [0.2, 0.25) is 0 Å². The highest BCUT2D eigenvalue weighted by Gasteiger charge is 2.21. The number of esters is 1. The van der Waals surface area contributed by atoms with Gasteiger partial charge in [-0.3, -0.25) is 0 Å². The molecule has 0 spiro atoms. The van der Waals surface area contributed by atoms with Crippen LogP contribution < -0.4 is 10.5 Å². The molecule has 114 valence electrons. The monoisotopic (exact) mass is 319 g/mol. The number of anilines is 1. The van der Waals surface area contributed by atoms with E-state index < -0.39 is 5.97 Å². The number of ether oxygens (including phenoxy) is 2. The van der Waals surface area contributed by atoms with E-state index in [-0.39, 0.29) is 16.9 Å². The highest BCUT2D eigenvalue weighted by molar-refractivity contribution is 6.18. The van der Waals surface area contributed by atoms with Crippen molar-refractivity contribution in [3.8, 4) is 17.5 Å². The molecule has 1 aromatic heterocycles. The number of hydrogen-bond acceptors (Lipinski definition) is 5. The molecule has 0 bridgehead atoms. The van der Waals surface area contributed by atoms with Crippen LogP contribution in [-0.4, -0.2) is 30.1 Å². The summed E-state index contributed by atoms with van der Waals surface area (Å²) in [6, 6.07) is 8.97. The van der Waals surface area contributed by atoms with Crippen LogP contribution in [0.15, 0.2) is 30.5 Å². The molecule has 22 heavy (non-hydrogen) atoms. The van der Waals surface area contributed by atoms with Crippen LogP contribution in [0.3, 0.4) is 0 Å². The van der Waals surface area contributed by atoms with Gasteiger partial charge in [-0.1, -0.05) is 6.07 Å². The highest BCUT2D eigenvalue weighted by atomic mass is 35.5. The number of alkyl halides is 1. The number of benzene rings is 1. The molecule has 0 aliphatic carbocycles. The molecule has 2 rings (SSSR count). The lowest BCUT2D eigenvalue weighted by atomic mass is 10.2. The predicted octanol–water partition coefficient (Wildman–Crippen LogP) is 2.34. The molecule has 0 saturated heterocycles. The van der Waals surface area contributed by atoms with E-state index in [2.05, 4.69) is 0 Å². The largest absolute Gasteiger partial charge is 0.492 e. The molecule has 0 atom stereocenters. The van der Waals surface area contributed by atoms with E-state index in [0.717, 1.165) is 0 Å². The molecule has 1 heterocycles. The Labute approximate surface area is 132 Å². The Kier molecular flexibility index (Phi) is 4.92. The predicted molar refractivity (Wildman–Crippen MR) is 82.5 cm³/mol. The van der Waals surface area contributed by atoms with Gasteiger partial charge in [0.1, 0.15) is 18.4 Å². The number of carbonyl (C=O) groups excluding carboxylic acids is 1. The second-order valence-corrected chi connectivity index (χ2v) is 4.69. The van der Waals surface area contributed by atoms with E-state index in [1.807, 2.05) is 6.07 Å². The van der Waals surface area contributed by atoms with E-state index >= 15 is 0 Å². The Morgan fingerprint density at radius 1 is 1.50 bits per heavy atom. The minimum atomic E-state index is -0.619. The van der Waals surface area contributed by atoms with E-state index in [9.17, 15) is 4.79 Å². The molecule has 0 aliphatic rings. The van der Waals surface area contributed by atoms with Gasteiger partial charge in [-0.15, -0.1) is 11.6 Å². The second kappa shape index (κ2) is 6.87. The molecule has 7 heteroatoms. The lowest BCUT2D eigenvalue weighted by Gasteiger charge is -2.10. The Morgan fingerprint density at radius 2 is 2.27 bits per heavy atom. The van der Waals surface area contributed by atoms with Gasteiger partial charge >= 0.3 is 5.97 Å². The standard InChI is InChI=1S/C15H14ClN3O3/c1-21-15(20)14-13(18)10(8-17)9-19(14)11-3-2-4-12(7-11)22-6-5-16/h2-4,7,9H,5-6,18H2,1H3. The molecule has 0 radical (unpaired) electrons. The van der Waals surface area contributed by atoms with Crippen molar-refractivity contribution in [3.63, 3.8) is 0 Å². The molecule has 2 aromatic rings. The zero-order valence-corrected chi connectivity index (χ0v) is 12.6. The van der Waals surface area contributed by atoms with Crippen molar-refractivity contribution >= 4 is 23.3 Å². The Hall–Kier alpha value is -2.65. The topological polar surface area (TPSA) is 90.3 Å². The average Bonchev–Trinajstić information content (AvgIpc) is 2.89. The fourth-order valence-corrected chi connectivity index (χ4v) is 2.07. The fourth-order valence-electron chi connectivity index (χ4n) is 2.00. The molecular weight excluding hydrogens is 306 g/mol. The third-order valence-corrected chi connectivity index (χ3v) is 3.14. The summed E-state index contributed by atoms with van der Waals surface area (Å²) < 4.78 is 11.7. The summed E-state index contributed by atoms with van der Waals surface area (Å²) >= 11 is 5.59. The van der Waals surface area contributed by atoms with Gasteiger partial charge in [0.05, 0.1) is 24.2 Å². The maximum Gasteiger partial charge on any atom is 0.357 e. The lowest BCUT2D eigenvalue weighted by Crippen LogP contribution is -2.11. The summed E-state index contributed by atoms with van der Waals surface area (Å²) in [6.07, 6.45) is 1.49. The van der Waals surface area contributed by atoms with Gasteiger partial charge in [-0.2, -0.15) is 5.26 Å². The summed E-state index contributed by atoms with van der Waals surface area (Å²) in [5.74, 6) is 0.345. The fraction of sp³-hybridized carbons (Fsp3) is 0.200. The van der Waals surface area contributed by atoms with Crippen LogP contribution in [0, 0.1) is 11.3 Å². The summed E-state index contributed by atoms with van der Waals surface area (Å²) in [5.41, 5.74) is 6.87. The van der Waals surface area contributed by atoms with Crippen LogP contribution in [0.25, 0.3) is 5.69 Å². The Morgan fingerprint density at radius 3 is 2.91 bits per heavy atom. The Balaban J connectivity index is 2.52.